The third-order valence-electron chi connectivity index (χ3n) is 9.22. The van der Waals surface area contributed by atoms with Gasteiger partial charge in [0, 0.05) is 21.5 Å². The fraction of sp³-hybridized carbons (Fsp3) is 0.429. The number of aliphatic hydroxyl groups is 2. The highest BCUT2D eigenvalue weighted by atomic mass is 79.9. The number of epoxide rings is 2. The molecule has 2 saturated heterocycles. The van der Waals surface area contributed by atoms with Crippen LogP contribution in [-0.2, 0) is 20.3 Å². The van der Waals surface area contributed by atoms with Gasteiger partial charge in [-0.05, 0) is 70.8 Å². The zero-order valence-electron chi connectivity index (χ0n) is 30.3. The summed E-state index contributed by atoms with van der Waals surface area (Å²) in [6.45, 7) is 12.2. The molecule has 2 heterocycles. The average molecular weight is 843 g/mol. The van der Waals surface area contributed by atoms with Gasteiger partial charge in [0.05, 0.1) is 25.4 Å². The van der Waals surface area contributed by atoms with Crippen LogP contribution in [0.5, 0.6) is 23.0 Å². The fourth-order valence-corrected chi connectivity index (χ4v) is 5.76. The number of aliphatic hydroxyl groups excluding tert-OH is 2. The Hall–Kier alpha value is -3.12. The minimum Gasteiger partial charge on any atom is -0.491 e. The number of hydrogen-bond donors (Lipinski definition) is 2. The first-order valence-electron chi connectivity index (χ1n) is 17.6. The van der Waals surface area contributed by atoms with Crippen LogP contribution in [-0.4, -0.2) is 84.9 Å². The van der Waals surface area contributed by atoms with Crippen molar-refractivity contribution in [2.24, 2.45) is 0 Å². The van der Waals surface area contributed by atoms with Crippen LogP contribution in [0.1, 0.15) is 49.9 Å². The van der Waals surface area contributed by atoms with Gasteiger partial charge in [0.25, 0.3) is 0 Å². The van der Waals surface area contributed by atoms with Crippen molar-refractivity contribution in [3.8, 4) is 23.0 Å². The third-order valence-corrected chi connectivity index (χ3v) is 10.7. The van der Waals surface area contributed by atoms with Gasteiger partial charge in [0.2, 0.25) is 0 Å². The quantitative estimate of drug-likeness (QED) is 0.0773. The van der Waals surface area contributed by atoms with Gasteiger partial charge in [-0.15, -0.1) is 0 Å². The van der Waals surface area contributed by atoms with Crippen molar-refractivity contribution >= 4 is 31.9 Å². The number of hydrogen-bond acceptors (Lipinski definition) is 8. The number of ether oxygens (including phenoxy) is 6. The van der Waals surface area contributed by atoms with E-state index in [1.165, 1.54) is 22.3 Å². The summed E-state index contributed by atoms with van der Waals surface area (Å²) in [5.41, 5.74) is 4.57. The molecule has 10 heteroatoms. The Morgan fingerprint density at radius 1 is 0.519 bits per heavy atom. The molecular formula is C42H50Br2O8. The molecule has 8 nitrogen and oxygen atoms in total. The minimum absolute atomic E-state index is 0.0870. The normalized spacial score (nSPS) is 17.6. The first kappa shape index (κ1) is 40.1. The lowest BCUT2D eigenvalue weighted by Crippen LogP contribution is -2.20. The van der Waals surface area contributed by atoms with E-state index in [4.69, 9.17) is 28.4 Å². The highest BCUT2D eigenvalue weighted by Gasteiger charge is 2.26. The van der Waals surface area contributed by atoms with Crippen molar-refractivity contribution in [3.05, 3.63) is 119 Å². The summed E-state index contributed by atoms with van der Waals surface area (Å²) in [7, 11) is 0. The van der Waals surface area contributed by atoms with Crippen LogP contribution in [0.2, 0.25) is 0 Å². The summed E-state index contributed by atoms with van der Waals surface area (Å²) in [6, 6.07) is 32.6. The molecule has 0 bridgehead atoms. The molecule has 0 spiro atoms. The smallest absolute Gasteiger partial charge is 0.119 e. The molecule has 4 aromatic rings. The van der Waals surface area contributed by atoms with E-state index in [2.05, 4.69) is 83.8 Å². The number of halogens is 2. The predicted octanol–water partition coefficient (Wildman–Crippen LogP) is 7.85. The van der Waals surface area contributed by atoms with Crippen molar-refractivity contribution in [2.45, 2.75) is 62.9 Å². The molecule has 2 aliphatic rings. The molecule has 6 rings (SSSR count). The van der Waals surface area contributed by atoms with E-state index in [1.54, 1.807) is 0 Å². The summed E-state index contributed by atoms with van der Waals surface area (Å²) in [4.78, 5) is 0. The Bertz CT molecular complexity index is 1510. The Morgan fingerprint density at radius 3 is 1.00 bits per heavy atom. The van der Waals surface area contributed by atoms with Crippen molar-refractivity contribution in [1.82, 2.24) is 0 Å². The zero-order chi connectivity index (χ0) is 37.1. The van der Waals surface area contributed by atoms with Crippen molar-refractivity contribution in [3.63, 3.8) is 0 Å². The largest absolute Gasteiger partial charge is 0.491 e. The second kappa shape index (κ2) is 18.8. The third kappa shape index (κ3) is 11.9. The van der Waals surface area contributed by atoms with E-state index in [-0.39, 0.29) is 36.3 Å². The van der Waals surface area contributed by atoms with E-state index >= 15 is 0 Å². The van der Waals surface area contributed by atoms with Crippen LogP contribution in [0.4, 0.5) is 0 Å². The van der Waals surface area contributed by atoms with Crippen molar-refractivity contribution < 1.29 is 38.6 Å². The monoisotopic (exact) mass is 840 g/mol. The Labute approximate surface area is 324 Å². The molecule has 0 aromatic heterocycles. The highest BCUT2D eigenvalue weighted by molar-refractivity contribution is 9.09. The fourth-order valence-electron chi connectivity index (χ4n) is 5.39. The Morgan fingerprint density at radius 2 is 0.769 bits per heavy atom. The van der Waals surface area contributed by atoms with Gasteiger partial charge < -0.3 is 38.6 Å². The molecule has 0 aliphatic carbocycles. The molecule has 2 fully saturated rings. The molecule has 2 aliphatic heterocycles. The molecule has 280 valence electrons. The Balaban J connectivity index is 0.000000201. The summed E-state index contributed by atoms with van der Waals surface area (Å²) >= 11 is 6.45. The maximum Gasteiger partial charge on any atom is 0.119 e. The molecule has 2 N–H and O–H groups in total. The first-order chi connectivity index (χ1) is 25.0. The van der Waals surface area contributed by atoms with Gasteiger partial charge in [-0.2, -0.15) is 0 Å². The first-order valence-corrected chi connectivity index (χ1v) is 19.9. The summed E-state index contributed by atoms with van der Waals surface area (Å²) in [5, 5.41) is 20.1. The molecule has 4 atom stereocenters. The topological polar surface area (TPSA) is 102 Å². The number of rotatable bonds is 18. The van der Waals surface area contributed by atoms with Crippen LogP contribution in [0, 0.1) is 0 Å². The lowest BCUT2D eigenvalue weighted by molar-refractivity contribution is 0.127. The van der Waals surface area contributed by atoms with Crippen LogP contribution in [0.15, 0.2) is 97.1 Å². The summed E-state index contributed by atoms with van der Waals surface area (Å²) in [6.07, 6.45) is -0.471. The average Bonchev–Trinajstić information content (AvgIpc) is 4.12. The molecule has 4 aromatic carbocycles. The molecule has 0 amide bonds. The van der Waals surface area contributed by atoms with Gasteiger partial charge in [-0.25, -0.2) is 0 Å². The van der Waals surface area contributed by atoms with Gasteiger partial charge in [-0.1, -0.05) is 108 Å². The van der Waals surface area contributed by atoms with Crippen LogP contribution < -0.4 is 18.9 Å². The molecule has 52 heavy (non-hydrogen) atoms. The van der Waals surface area contributed by atoms with Crippen molar-refractivity contribution in [2.75, 3.05) is 50.3 Å². The van der Waals surface area contributed by atoms with E-state index in [0.717, 1.165) is 36.2 Å². The van der Waals surface area contributed by atoms with E-state index < -0.39 is 12.2 Å². The molecule has 0 saturated carbocycles. The summed E-state index contributed by atoms with van der Waals surface area (Å²) in [5.74, 6) is 3.26. The standard InChI is InChI=1S/C21H26Br2O4.C21H24O4/c1-21(2,15-3-7-19(8-4-15)26-13-17(24)11-22)16-5-9-20(10-6-16)27-14-18(25)12-23;1-21(2,15-3-7-17(8-4-15)22-11-19-13-24-19)16-5-9-18(10-6-16)23-12-20-14-25-20/h3-10,17-18,24-25H,11-14H2,1-2H3;3-10,19-20H,11-14H2,1-2H3. The SMILES string of the molecule is CC(C)(c1ccc(OCC(O)CBr)cc1)c1ccc(OCC(O)CBr)cc1.CC(C)(c1ccc(OCC2CO2)cc1)c1ccc(OCC2CO2)cc1. The lowest BCUT2D eigenvalue weighted by atomic mass is 9.78. The van der Waals surface area contributed by atoms with E-state index in [1.807, 2.05) is 72.8 Å². The van der Waals surface area contributed by atoms with Crippen molar-refractivity contribution in [1.29, 1.82) is 0 Å². The maximum absolute atomic E-state index is 9.56. The lowest BCUT2D eigenvalue weighted by Gasteiger charge is -2.26. The minimum atomic E-state index is -0.516. The van der Waals surface area contributed by atoms with Gasteiger partial charge in [0.1, 0.15) is 61.6 Å². The predicted molar refractivity (Wildman–Crippen MR) is 211 cm³/mol. The molecule has 4 unspecified atom stereocenters. The second-order valence-corrected chi connectivity index (χ2v) is 15.4. The second-order valence-electron chi connectivity index (χ2n) is 14.1. The van der Waals surface area contributed by atoms with Gasteiger partial charge >= 0.3 is 0 Å². The molecular weight excluding hydrogens is 792 g/mol. The van der Waals surface area contributed by atoms with Crippen LogP contribution in [0.25, 0.3) is 0 Å². The highest BCUT2D eigenvalue weighted by Crippen LogP contribution is 2.35. The number of benzene rings is 4. The molecule has 0 radical (unpaired) electrons. The van der Waals surface area contributed by atoms with Gasteiger partial charge in [-0.3, -0.25) is 0 Å². The van der Waals surface area contributed by atoms with Crippen LogP contribution in [0.3, 0.4) is 0 Å². The zero-order valence-corrected chi connectivity index (χ0v) is 33.5. The summed E-state index contributed by atoms with van der Waals surface area (Å²) < 4.78 is 32.9. The Kier molecular flexibility index (Phi) is 14.5. The van der Waals surface area contributed by atoms with Crippen LogP contribution >= 0.6 is 31.9 Å². The van der Waals surface area contributed by atoms with E-state index in [0.29, 0.717) is 23.9 Å². The number of alkyl halides is 2. The van der Waals surface area contributed by atoms with Gasteiger partial charge in [0.15, 0.2) is 0 Å². The van der Waals surface area contributed by atoms with E-state index in [9.17, 15) is 10.2 Å². The maximum atomic E-state index is 9.56.